The number of aromatic nitrogens is 2. The minimum atomic E-state index is -4.60. The fourth-order valence-electron chi connectivity index (χ4n) is 7.59. The predicted octanol–water partition coefficient (Wildman–Crippen LogP) is 10.5. The third-order valence-corrected chi connectivity index (χ3v) is 10.0. The van der Waals surface area contributed by atoms with Crippen molar-refractivity contribution in [1.29, 1.82) is 0 Å². The Labute approximate surface area is 318 Å². The zero-order chi connectivity index (χ0) is 39.0. The van der Waals surface area contributed by atoms with Gasteiger partial charge in [0.25, 0.3) is 0 Å². The molecule has 1 aliphatic rings. The van der Waals surface area contributed by atoms with Gasteiger partial charge in [0.15, 0.2) is 5.82 Å². The van der Waals surface area contributed by atoms with E-state index in [1.54, 1.807) is 56.9 Å². The van der Waals surface area contributed by atoms with Crippen molar-refractivity contribution in [2.45, 2.75) is 57.9 Å². The van der Waals surface area contributed by atoms with Crippen molar-refractivity contribution in [2.75, 3.05) is 18.4 Å². The van der Waals surface area contributed by atoms with E-state index in [-0.39, 0.29) is 23.8 Å². The molecule has 1 aromatic heterocycles. The molecule has 0 saturated carbocycles. The van der Waals surface area contributed by atoms with Crippen LogP contribution in [0.4, 0.5) is 23.8 Å². The highest BCUT2D eigenvalue weighted by Gasteiger charge is 2.42. The maximum atomic E-state index is 14.5. The summed E-state index contributed by atoms with van der Waals surface area (Å²) in [6.45, 7) is 7.64. The van der Waals surface area contributed by atoms with Crippen LogP contribution in [0.1, 0.15) is 61.4 Å². The predicted molar refractivity (Wildman–Crippen MR) is 209 cm³/mol. The van der Waals surface area contributed by atoms with Crippen molar-refractivity contribution in [2.24, 2.45) is 5.92 Å². The summed E-state index contributed by atoms with van der Waals surface area (Å²) in [5, 5.41) is 8.74. The molecule has 5 aromatic carbocycles. The molecule has 7 nitrogen and oxygen atoms in total. The zero-order valence-corrected chi connectivity index (χ0v) is 31.2. The van der Waals surface area contributed by atoms with Crippen LogP contribution >= 0.6 is 0 Å². The van der Waals surface area contributed by atoms with Crippen LogP contribution < -0.4 is 5.32 Å². The highest BCUT2D eigenvalue weighted by Crippen LogP contribution is 2.45. The summed E-state index contributed by atoms with van der Waals surface area (Å²) in [4.78, 5) is 28.8. The van der Waals surface area contributed by atoms with Crippen LogP contribution in [0, 0.1) is 12.8 Å². The first-order valence-corrected chi connectivity index (χ1v) is 18.4. The second-order valence-corrected chi connectivity index (χ2v) is 15.1. The van der Waals surface area contributed by atoms with Crippen LogP contribution in [0.2, 0.25) is 0 Å². The van der Waals surface area contributed by atoms with E-state index in [4.69, 9.17) is 9.84 Å². The van der Waals surface area contributed by atoms with Crippen LogP contribution in [-0.4, -0.2) is 45.4 Å². The molecule has 282 valence electrons. The van der Waals surface area contributed by atoms with Gasteiger partial charge in [0.2, 0.25) is 5.91 Å². The van der Waals surface area contributed by atoms with Gasteiger partial charge in [-0.25, -0.2) is 9.48 Å². The number of nitrogens with zero attached hydrogens (tertiary/aromatic N) is 3. The number of hydrogen-bond acceptors (Lipinski definition) is 4. The smallest absolute Gasteiger partial charge is 0.417 e. The number of carbonyl (C=O) groups excluding carboxylic acids is 2. The van der Waals surface area contributed by atoms with E-state index in [9.17, 15) is 22.8 Å². The number of hydrogen-bond donors (Lipinski definition) is 1. The van der Waals surface area contributed by atoms with Crippen molar-refractivity contribution in [3.05, 3.63) is 155 Å². The normalized spacial score (nSPS) is 15.2. The van der Waals surface area contributed by atoms with E-state index in [1.165, 1.54) is 6.07 Å². The Bertz CT molecular complexity index is 2220. The van der Waals surface area contributed by atoms with Crippen molar-refractivity contribution < 1.29 is 27.5 Å². The molecule has 2 amide bonds. The number of anilines is 1. The first kappa shape index (κ1) is 37.4. The van der Waals surface area contributed by atoms with E-state index >= 15 is 0 Å². The number of piperidine rings is 1. The fourth-order valence-corrected chi connectivity index (χ4v) is 7.59. The summed E-state index contributed by atoms with van der Waals surface area (Å²) in [6, 6.07) is 39.1. The molecule has 0 bridgehead atoms. The highest BCUT2D eigenvalue weighted by molar-refractivity contribution is 6.02. The maximum Gasteiger partial charge on any atom is 0.417 e. The fraction of sp³-hybridized carbons (Fsp3) is 0.267. The number of nitrogens with one attached hydrogen (secondary N) is 1. The van der Waals surface area contributed by atoms with Gasteiger partial charge in [-0.1, -0.05) is 115 Å². The molecule has 6 aromatic rings. The molecular formula is C45H43F3N4O3. The first-order valence-electron chi connectivity index (χ1n) is 18.4. The number of fused-ring (bicyclic) bond motifs is 1. The van der Waals surface area contributed by atoms with Gasteiger partial charge in [-0.05, 0) is 86.6 Å². The average molecular weight is 745 g/mol. The Morgan fingerprint density at radius 2 is 1.36 bits per heavy atom. The van der Waals surface area contributed by atoms with E-state index < -0.39 is 34.9 Å². The molecule has 10 heteroatoms. The third kappa shape index (κ3) is 7.45. The molecule has 0 unspecified atom stereocenters. The lowest BCUT2D eigenvalue weighted by Crippen LogP contribution is -2.45. The van der Waals surface area contributed by atoms with Gasteiger partial charge in [0, 0.05) is 18.5 Å². The SMILES string of the molecule is Cc1ccc(-c2ccc3c(c2)c(NC(=O)[C@@H]2CCCN(C(=O)OC(C)(C)C)C2)nn3C(c2ccccc2)(c2ccccc2)c2ccccc2)c(C(F)(F)F)c1. The molecule has 2 heterocycles. The van der Waals surface area contributed by atoms with Crippen LogP contribution in [0.25, 0.3) is 22.0 Å². The lowest BCUT2D eigenvalue weighted by Gasteiger charge is -2.37. The van der Waals surface area contributed by atoms with Crippen LogP contribution in [0.15, 0.2) is 127 Å². The minimum absolute atomic E-state index is 0.0192. The average Bonchev–Trinajstić information content (AvgIpc) is 3.52. The summed E-state index contributed by atoms with van der Waals surface area (Å²) in [5.74, 6) is -0.717. The molecular weight excluding hydrogens is 702 g/mol. The number of halogens is 3. The van der Waals surface area contributed by atoms with E-state index in [0.717, 1.165) is 22.8 Å². The van der Waals surface area contributed by atoms with Crippen molar-refractivity contribution in [3.8, 4) is 11.1 Å². The lowest BCUT2D eigenvalue weighted by molar-refractivity contribution is -0.137. The first-order chi connectivity index (χ1) is 26.3. The van der Waals surface area contributed by atoms with E-state index in [0.29, 0.717) is 41.4 Å². The number of carbonyl (C=O) groups is 2. The van der Waals surface area contributed by atoms with Gasteiger partial charge in [-0.2, -0.15) is 18.3 Å². The molecule has 1 N–H and O–H groups in total. The summed E-state index contributed by atoms with van der Waals surface area (Å²) >= 11 is 0. The monoisotopic (exact) mass is 744 g/mol. The largest absolute Gasteiger partial charge is 0.444 e. The maximum absolute atomic E-state index is 14.5. The second kappa shape index (κ2) is 14.7. The number of amides is 2. The number of benzene rings is 5. The molecule has 55 heavy (non-hydrogen) atoms. The molecule has 0 aliphatic carbocycles. The second-order valence-electron chi connectivity index (χ2n) is 15.1. The molecule has 7 rings (SSSR count). The Hall–Kier alpha value is -5.90. The van der Waals surface area contributed by atoms with E-state index in [2.05, 4.69) is 5.32 Å². The topological polar surface area (TPSA) is 76.5 Å². The van der Waals surface area contributed by atoms with Crippen molar-refractivity contribution in [1.82, 2.24) is 14.7 Å². The van der Waals surface area contributed by atoms with Gasteiger partial charge in [0.1, 0.15) is 11.1 Å². The third-order valence-electron chi connectivity index (χ3n) is 10.0. The Balaban J connectivity index is 1.44. The van der Waals surface area contributed by atoms with Crippen molar-refractivity contribution in [3.63, 3.8) is 0 Å². The molecule has 1 aliphatic heterocycles. The van der Waals surface area contributed by atoms with Crippen LogP contribution in [-0.2, 0) is 21.2 Å². The Kier molecular flexibility index (Phi) is 10.0. The van der Waals surface area contributed by atoms with Gasteiger partial charge in [0.05, 0.1) is 17.0 Å². The van der Waals surface area contributed by atoms with Gasteiger partial charge in [-0.3, -0.25) is 4.79 Å². The van der Waals surface area contributed by atoms with Crippen LogP contribution in [0.5, 0.6) is 0 Å². The molecule has 0 radical (unpaired) electrons. The zero-order valence-electron chi connectivity index (χ0n) is 31.2. The molecule has 0 spiro atoms. The Morgan fingerprint density at radius 1 is 0.782 bits per heavy atom. The van der Waals surface area contributed by atoms with Crippen LogP contribution in [0.3, 0.4) is 0 Å². The highest BCUT2D eigenvalue weighted by atomic mass is 19.4. The molecule has 1 atom stereocenters. The summed E-state index contributed by atoms with van der Waals surface area (Å²) in [6.07, 6.45) is -3.94. The van der Waals surface area contributed by atoms with E-state index in [1.807, 2.05) is 95.7 Å². The summed E-state index contributed by atoms with van der Waals surface area (Å²) in [7, 11) is 0. The van der Waals surface area contributed by atoms with Gasteiger partial charge < -0.3 is 15.0 Å². The minimum Gasteiger partial charge on any atom is -0.444 e. The van der Waals surface area contributed by atoms with Gasteiger partial charge in [-0.15, -0.1) is 0 Å². The number of ether oxygens (including phenoxy) is 1. The lowest BCUT2D eigenvalue weighted by atomic mass is 9.77. The number of aryl methyl sites for hydroxylation is 1. The van der Waals surface area contributed by atoms with Gasteiger partial charge >= 0.3 is 12.3 Å². The standard InChI is InChI=1S/C45H43F3N4O3/c1-30-22-24-36(38(27-30)45(46,47)48)31-23-25-39-37(28-31)40(49-41(53)32-15-14-26-51(29-32)42(54)55-43(2,3)4)50-52(39)44(33-16-8-5-9-17-33,34-18-10-6-11-19-34)35-20-12-7-13-21-35/h5-13,16-25,27-28,32H,14-15,26,29H2,1-4H3,(H,49,50,53)/t32-/m1/s1. The molecule has 1 fully saturated rings. The summed E-state index contributed by atoms with van der Waals surface area (Å²) in [5.41, 5.74) is 1.57. The molecule has 1 saturated heterocycles. The number of likely N-dealkylation sites (tertiary alicyclic amines) is 1. The number of rotatable bonds is 7. The number of alkyl halides is 3. The van der Waals surface area contributed by atoms with Crippen molar-refractivity contribution >= 4 is 28.7 Å². The quantitative estimate of drug-likeness (QED) is 0.165. The Morgan fingerprint density at radius 3 is 1.91 bits per heavy atom. The summed E-state index contributed by atoms with van der Waals surface area (Å²) < 4.78 is 50.9.